The van der Waals surface area contributed by atoms with Gasteiger partial charge in [0.1, 0.15) is 11.6 Å². The van der Waals surface area contributed by atoms with E-state index in [4.69, 9.17) is 4.98 Å². The Morgan fingerprint density at radius 1 is 1.11 bits per heavy atom. The van der Waals surface area contributed by atoms with Crippen LogP contribution in [0.4, 0.5) is 10.2 Å². The van der Waals surface area contributed by atoms with Gasteiger partial charge in [-0.15, -0.1) is 0 Å². The molecule has 2 heterocycles. The molecule has 148 valence electrons. The maximum atomic E-state index is 13.1. The summed E-state index contributed by atoms with van der Waals surface area (Å²) in [5.74, 6) is 1.50. The predicted octanol–water partition coefficient (Wildman–Crippen LogP) is 3.96. The molecule has 0 bridgehead atoms. The zero-order chi connectivity index (χ0) is 19.5. The monoisotopic (exact) mass is 381 g/mol. The topological polar surface area (TPSA) is 36.4 Å². The van der Waals surface area contributed by atoms with Crippen molar-refractivity contribution in [2.75, 3.05) is 31.6 Å². The second-order valence-electron chi connectivity index (χ2n) is 8.18. The van der Waals surface area contributed by atoms with Gasteiger partial charge in [-0.25, -0.2) is 9.37 Å². The third-order valence-electron chi connectivity index (χ3n) is 5.98. The number of halogens is 1. The van der Waals surface area contributed by atoms with Crippen LogP contribution in [0, 0.1) is 11.7 Å². The van der Waals surface area contributed by atoms with Crippen LogP contribution in [0.2, 0.25) is 0 Å². The largest absolute Gasteiger partial charge is 0.357 e. The van der Waals surface area contributed by atoms with Crippen LogP contribution in [0.25, 0.3) is 0 Å². The Kier molecular flexibility index (Phi) is 5.72. The Labute approximate surface area is 166 Å². The first-order chi connectivity index (χ1) is 13.6. The van der Waals surface area contributed by atoms with Crippen molar-refractivity contribution in [1.82, 2.24) is 9.88 Å². The zero-order valence-electron chi connectivity index (χ0n) is 16.5. The van der Waals surface area contributed by atoms with Gasteiger partial charge in [0.25, 0.3) is 0 Å². The molecule has 4 nitrogen and oxygen atoms in total. The average Bonchev–Trinajstić information content (AvgIpc) is 3.53. The molecule has 1 aliphatic heterocycles. The van der Waals surface area contributed by atoms with E-state index >= 15 is 0 Å². The molecule has 1 aromatic carbocycles. The normalized spacial score (nSPS) is 18.2. The summed E-state index contributed by atoms with van der Waals surface area (Å²) in [5, 5.41) is 0. The number of benzene rings is 1. The van der Waals surface area contributed by atoms with Crippen molar-refractivity contribution in [1.29, 1.82) is 0 Å². The molecular weight excluding hydrogens is 353 g/mol. The standard InChI is InChI=1S/C23H28FN3O/c1-26(21-11-13-27(14-12-21)16-17-5-6-17)23-4-2-3-20(25-23)15-22(28)18-7-9-19(24)10-8-18/h2-4,7-10,17,21H,5-6,11-16H2,1H3. The number of ketones is 1. The smallest absolute Gasteiger partial charge is 0.168 e. The lowest BCUT2D eigenvalue weighted by Crippen LogP contribution is -2.44. The van der Waals surface area contributed by atoms with E-state index in [0.717, 1.165) is 43.4 Å². The number of Topliss-reactive ketones (excluding diaryl/α,β-unsaturated/α-hetero) is 1. The fourth-order valence-electron chi connectivity index (χ4n) is 4.01. The van der Waals surface area contributed by atoms with Gasteiger partial charge in [0.15, 0.2) is 5.78 Å². The van der Waals surface area contributed by atoms with Gasteiger partial charge in [-0.3, -0.25) is 4.79 Å². The van der Waals surface area contributed by atoms with Gasteiger partial charge < -0.3 is 9.80 Å². The summed E-state index contributed by atoms with van der Waals surface area (Å²) >= 11 is 0. The number of rotatable bonds is 7. The van der Waals surface area contributed by atoms with Gasteiger partial charge in [0, 0.05) is 38.3 Å². The maximum absolute atomic E-state index is 13.1. The van der Waals surface area contributed by atoms with E-state index < -0.39 is 0 Å². The minimum absolute atomic E-state index is 0.0410. The maximum Gasteiger partial charge on any atom is 0.168 e. The zero-order valence-corrected chi connectivity index (χ0v) is 16.5. The van der Waals surface area contributed by atoms with Crippen molar-refractivity contribution in [3.63, 3.8) is 0 Å². The molecule has 5 heteroatoms. The van der Waals surface area contributed by atoms with E-state index in [0.29, 0.717) is 11.6 Å². The van der Waals surface area contributed by atoms with Crippen LogP contribution in [-0.2, 0) is 6.42 Å². The minimum atomic E-state index is -0.332. The number of piperidine rings is 1. The number of nitrogens with zero attached hydrogens (tertiary/aromatic N) is 3. The van der Waals surface area contributed by atoms with Crippen molar-refractivity contribution in [3.05, 3.63) is 59.5 Å². The van der Waals surface area contributed by atoms with E-state index in [1.165, 1.54) is 43.7 Å². The van der Waals surface area contributed by atoms with Crippen LogP contribution in [0.5, 0.6) is 0 Å². The lowest BCUT2D eigenvalue weighted by atomic mass is 10.0. The predicted molar refractivity (Wildman–Crippen MR) is 109 cm³/mol. The highest BCUT2D eigenvalue weighted by Crippen LogP contribution is 2.31. The first kappa shape index (κ1) is 19.1. The van der Waals surface area contributed by atoms with Crippen molar-refractivity contribution in [3.8, 4) is 0 Å². The van der Waals surface area contributed by atoms with Crippen molar-refractivity contribution in [2.45, 2.75) is 38.1 Å². The highest BCUT2D eigenvalue weighted by atomic mass is 19.1. The Morgan fingerprint density at radius 2 is 1.82 bits per heavy atom. The lowest BCUT2D eigenvalue weighted by molar-refractivity contribution is 0.0992. The molecule has 2 aliphatic rings. The second-order valence-corrected chi connectivity index (χ2v) is 8.18. The van der Waals surface area contributed by atoms with Crippen molar-refractivity contribution >= 4 is 11.6 Å². The number of aromatic nitrogens is 1. The molecule has 0 radical (unpaired) electrons. The van der Waals surface area contributed by atoms with Gasteiger partial charge in [0.05, 0.1) is 12.1 Å². The number of hydrogen-bond donors (Lipinski definition) is 0. The molecule has 1 aliphatic carbocycles. The van der Waals surface area contributed by atoms with Crippen LogP contribution in [-0.4, -0.2) is 48.4 Å². The van der Waals surface area contributed by atoms with E-state index in [9.17, 15) is 9.18 Å². The summed E-state index contributed by atoms with van der Waals surface area (Å²) in [6, 6.07) is 12.1. The molecule has 0 N–H and O–H groups in total. The van der Waals surface area contributed by atoms with Gasteiger partial charge in [-0.2, -0.15) is 0 Å². The number of carbonyl (C=O) groups excluding carboxylic acids is 1. The van der Waals surface area contributed by atoms with Gasteiger partial charge in [-0.05, 0) is 68.0 Å². The Balaban J connectivity index is 1.36. The number of anilines is 1. The van der Waals surface area contributed by atoms with Crippen molar-refractivity contribution in [2.24, 2.45) is 5.92 Å². The van der Waals surface area contributed by atoms with Crippen LogP contribution in [0.3, 0.4) is 0 Å². The van der Waals surface area contributed by atoms with Gasteiger partial charge in [-0.1, -0.05) is 6.07 Å². The van der Waals surface area contributed by atoms with E-state index in [-0.39, 0.29) is 18.0 Å². The molecule has 2 fully saturated rings. The minimum Gasteiger partial charge on any atom is -0.357 e. The van der Waals surface area contributed by atoms with Gasteiger partial charge >= 0.3 is 0 Å². The summed E-state index contributed by atoms with van der Waals surface area (Å²) in [7, 11) is 2.11. The number of likely N-dealkylation sites (tertiary alicyclic amines) is 1. The molecule has 0 amide bonds. The average molecular weight is 381 g/mol. The van der Waals surface area contributed by atoms with E-state index in [1.54, 1.807) is 0 Å². The van der Waals surface area contributed by atoms with E-state index in [2.05, 4.69) is 16.8 Å². The molecule has 1 saturated heterocycles. The third-order valence-corrected chi connectivity index (χ3v) is 5.98. The molecule has 0 unspecified atom stereocenters. The number of carbonyl (C=O) groups is 1. The number of hydrogen-bond acceptors (Lipinski definition) is 4. The second kappa shape index (κ2) is 8.39. The Bertz CT molecular complexity index is 811. The summed E-state index contributed by atoms with van der Waals surface area (Å²) in [6.45, 7) is 3.60. The summed E-state index contributed by atoms with van der Waals surface area (Å²) in [4.78, 5) is 22.1. The highest BCUT2D eigenvalue weighted by molar-refractivity contribution is 5.97. The first-order valence-electron chi connectivity index (χ1n) is 10.3. The highest BCUT2D eigenvalue weighted by Gasteiger charge is 2.28. The summed E-state index contributed by atoms with van der Waals surface area (Å²) in [6.07, 6.45) is 5.36. The molecule has 4 rings (SSSR count). The van der Waals surface area contributed by atoms with Crippen LogP contribution >= 0.6 is 0 Å². The van der Waals surface area contributed by atoms with Crippen molar-refractivity contribution < 1.29 is 9.18 Å². The number of pyridine rings is 1. The lowest BCUT2D eigenvalue weighted by Gasteiger charge is -2.37. The molecule has 0 atom stereocenters. The van der Waals surface area contributed by atoms with Crippen LogP contribution < -0.4 is 4.90 Å². The molecule has 28 heavy (non-hydrogen) atoms. The SMILES string of the molecule is CN(c1cccc(CC(=O)c2ccc(F)cc2)n1)C1CCN(CC2CC2)CC1. The Hall–Kier alpha value is -2.27. The summed E-state index contributed by atoms with van der Waals surface area (Å²) < 4.78 is 13.1. The fraction of sp³-hybridized carbons (Fsp3) is 0.478. The third kappa shape index (κ3) is 4.76. The molecule has 2 aromatic rings. The first-order valence-corrected chi connectivity index (χ1v) is 10.3. The molecule has 1 aromatic heterocycles. The van der Waals surface area contributed by atoms with Crippen LogP contribution in [0.15, 0.2) is 42.5 Å². The summed E-state index contributed by atoms with van der Waals surface area (Å²) in [5.41, 5.74) is 1.27. The molecular formula is C23H28FN3O. The fourth-order valence-corrected chi connectivity index (χ4v) is 4.01. The molecule has 1 saturated carbocycles. The Morgan fingerprint density at radius 3 is 2.50 bits per heavy atom. The van der Waals surface area contributed by atoms with E-state index in [1.807, 2.05) is 18.2 Å². The van der Waals surface area contributed by atoms with Gasteiger partial charge in [0.2, 0.25) is 0 Å². The van der Waals surface area contributed by atoms with Crippen LogP contribution in [0.1, 0.15) is 41.7 Å². The quantitative estimate of drug-likeness (QED) is 0.681. The molecule has 0 spiro atoms.